The second-order valence-corrected chi connectivity index (χ2v) is 3.92. The van der Waals surface area contributed by atoms with Gasteiger partial charge in [0.25, 0.3) is 0 Å². The van der Waals surface area contributed by atoms with Gasteiger partial charge in [0.05, 0.1) is 0 Å². The Balaban J connectivity index is 1.98. The van der Waals surface area contributed by atoms with Crippen molar-refractivity contribution in [3.05, 3.63) is 23.3 Å². The van der Waals surface area contributed by atoms with E-state index in [4.69, 9.17) is 15.2 Å². The number of nitrogens with one attached hydrogen (secondary N) is 1. The summed E-state index contributed by atoms with van der Waals surface area (Å²) in [7, 11) is 0. The topological polar surface area (TPSA) is 56.5 Å². The molecular formula is C12H18N2O2. The quantitative estimate of drug-likeness (QED) is 0.724. The SMILES string of the molecule is Cc1cc2c(cc1CCNCCN)OCO2. The van der Waals surface area contributed by atoms with Crippen molar-refractivity contribution >= 4 is 0 Å². The van der Waals surface area contributed by atoms with Gasteiger partial charge >= 0.3 is 0 Å². The fourth-order valence-corrected chi connectivity index (χ4v) is 1.81. The number of aryl methyl sites for hydroxylation is 1. The summed E-state index contributed by atoms with van der Waals surface area (Å²) < 4.78 is 10.7. The third-order valence-corrected chi connectivity index (χ3v) is 2.72. The third-order valence-electron chi connectivity index (χ3n) is 2.72. The zero-order chi connectivity index (χ0) is 11.4. The average Bonchev–Trinajstić information content (AvgIpc) is 2.71. The molecule has 1 aliphatic rings. The molecule has 1 heterocycles. The highest BCUT2D eigenvalue weighted by molar-refractivity contribution is 5.48. The van der Waals surface area contributed by atoms with E-state index >= 15 is 0 Å². The van der Waals surface area contributed by atoms with Gasteiger partial charge < -0.3 is 20.5 Å². The zero-order valence-electron chi connectivity index (χ0n) is 9.58. The van der Waals surface area contributed by atoms with Crippen molar-refractivity contribution in [1.29, 1.82) is 0 Å². The van der Waals surface area contributed by atoms with Crippen molar-refractivity contribution < 1.29 is 9.47 Å². The molecule has 0 bridgehead atoms. The van der Waals surface area contributed by atoms with E-state index in [2.05, 4.69) is 18.3 Å². The minimum absolute atomic E-state index is 0.337. The summed E-state index contributed by atoms with van der Waals surface area (Å²) in [5, 5.41) is 3.28. The molecule has 3 N–H and O–H groups in total. The van der Waals surface area contributed by atoms with E-state index in [0.717, 1.165) is 31.0 Å². The maximum Gasteiger partial charge on any atom is 0.231 e. The minimum atomic E-state index is 0.337. The van der Waals surface area contributed by atoms with Crippen molar-refractivity contribution in [3.63, 3.8) is 0 Å². The van der Waals surface area contributed by atoms with E-state index in [1.807, 2.05) is 6.07 Å². The Hall–Kier alpha value is -1.26. The van der Waals surface area contributed by atoms with E-state index < -0.39 is 0 Å². The molecule has 1 aromatic carbocycles. The number of hydrogen-bond donors (Lipinski definition) is 2. The summed E-state index contributed by atoms with van der Waals surface area (Å²) in [6, 6.07) is 4.11. The Bertz CT molecular complexity index is 366. The first-order chi connectivity index (χ1) is 7.81. The molecule has 0 saturated carbocycles. The first kappa shape index (κ1) is 11.2. The Labute approximate surface area is 95.7 Å². The van der Waals surface area contributed by atoms with Crippen LogP contribution in [-0.4, -0.2) is 26.4 Å². The Morgan fingerprint density at radius 3 is 2.75 bits per heavy atom. The average molecular weight is 222 g/mol. The lowest BCUT2D eigenvalue weighted by Crippen LogP contribution is -2.24. The monoisotopic (exact) mass is 222 g/mol. The molecule has 0 atom stereocenters. The van der Waals surface area contributed by atoms with Crippen LogP contribution in [0.2, 0.25) is 0 Å². The molecule has 0 aromatic heterocycles. The van der Waals surface area contributed by atoms with Crippen molar-refractivity contribution in [1.82, 2.24) is 5.32 Å². The van der Waals surface area contributed by atoms with Crippen LogP contribution in [0.1, 0.15) is 11.1 Å². The molecule has 0 saturated heterocycles. The number of ether oxygens (including phenoxy) is 2. The van der Waals surface area contributed by atoms with E-state index in [1.54, 1.807) is 0 Å². The van der Waals surface area contributed by atoms with Crippen molar-refractivity contribution in [3.8, 4) is 11.5 Å². The van der Waals surface area contributed by atoms with Gasteiger partial charge in [-0.25, -0.2) is 0 Å². The van der Waals surface area contributed by atoms with Crippen LogP contribution in [0.4, 0.5) is 0 Å². The third kappa shape index (κ3) is 2.46. The van der Waals surface area contributed by atoms with Crippen molar-refractivity contribution in [2.24, 2.45) is 5.73 Å². The minimum Gasteiger partial charge on any atom is -0.454 e. The first-order valence-corrected chi connectivity index (χ1v) is 5.61. The summed E-state index contributed by atoms with van der Waals surface area (Å²) in [5.41, 5.74) is 7.96. The summed E-state index contributed by atoms with van der Waals surface area (Å²) in [6.07, 6.45) is 0.989. The van der Waals surface area contributed by atoms with Crippen LogP contribution in [0.3, 0.4) is 0 Å². The molecule has 4 heteroatoms. The largest absolute Gasteiger partial charge is 0.454 e. The van der Waals surface area contributed by atoms with Gasteiger partial charge in [-0.05, 0) is 43.1 Å². The summed E-state index contributed by atoms with van der Waals surface area (Å²) in [5.74, 6) is 1.72. The molecule has 0 fully saturated rings. The number of fused-ring (bicyclic) bond motifs is 1. The predicted molar refractivity (Wildman–Crippen MR) is 62.9 cm³/mol. The molecule has 0 amide bonds. The van der Waals surface area contributed by atoms with E-state index in [-0.39, 0.29) is 0 Å². The van der Waals surface area contributed by atoms with Crippen molar-refractivity contribution in [2.75, 3.05) is 26.4 Å². The van der Waals surface area contributed by atoms with Crippen LogP contribution in [-0.2, 0) is 6.42 Å². The van der Waals surface area contributed by atoms with Gasteiger partial charge in [-0.15, -0.1) is 0 Å². The second-order valence-electron chi connectivity index (χ2n) is 3.92. The number of hydrogen-bond acceptors (Lipinski definition) is 4. The van der Waals surface area contributed by atoms with Gasteiger partial charge in [-0.3, -0.25) is 0 Å². The lowest BCUT2D eigenvalue weighted by atomic mass is 10.0. The molecule has 0 unspecified atom stereocenters. The van der Waals surface area contributed by atoms with Crippen LogP contribution in [0.15, 0.2) is 12.1 Å². The predicted octanol–water partition coefficient (Wildman–Crippen LogP) is 0.815. The maximum absolute atomic E-state index is 5.41. The Kier molecular flexibility index (Phi) is 3.64. The second kappa shape index (κ2) is 5.18. The van der Waals surface area contributed by atoms with Crippen LogP contribution >= 0.6 is 0 Å². The van der Waals surface area contributed by atoms with Crippen LogP contribution in [0.25, 0.3) is 0 Å². The van der Waals surface area contributed by atoms with E-state index in [0.29, 0.717) is 13.3 Å². The zero-order valence-corrected chi connectivity index (χ0v) is 9.58. The van der Waals surface area contributed by atoms with Crippen molar-refractivity contribution in [2.45, 2.75) is 13.3 Å². The molecule has 0 aliphatic carbocycles. The van der Waals surface area contributed by atoms with Gasteiger partial charge in [0.1, 0.15) is 0 Å². The first-order valence-electron chi connectivity index (χ1n) is 5.61. The summed E-state index contributed by atoms with van der Waals surface area (Å²) >= 11 is 0. The standard InChI is InChI=1S/C12H18N2O2/c1-9-6-11-12(16-8-15-11)7-10(9)2-4-14-5-3-13/h6-7,14H,2-5,8,13H2,1H3. The molecule has 0 radical (unpaired) electrons. The highest BCUT2D eigenvalue weighted by Gasteiger charge is 2.15. The van der Waals surface area contributed by atoms with Crippen LogP contribution in [0, 0.1) is 6.92 Å². The summed E-state index contributed by atoms with van der Waals surface area (Å²) in [4.78, 5) is 0. The number of nitrogens with two attached hydrogens (primary N) is 1. The normalized spacial score (nSPS) is 13.1. The molecule has 0 spiro atoms. The van der Waals surface area contributed by atoms with Gasteiger partial charge in [0, 0.05) is 13.1 Å². The Morgan fingerprint density at radius 1 is 1.25 bits per heavy atom. The van der Waals surface area contributed by atoms with Gasteiger partial charge in [-0.2, -0.15) is 0 Å². The molecule has 16 heavy (non-hydrogen) atoms. The van der Waals surface area contributed by atoms with E-state index in [9.17, 15) is 0 Å². The van der Waals surface area contributed by atoms with Gasteiger partial charge in [0.15, 0.2) is 11.5 Å². The molecular weight excluding hydrogens is 204 g/mol. The number of benzene rings is 1. The van der Waals surface area contributed by atoms with Crippen LogP contribution < -0.4 is 20.5 Å². The molecule has 4 nitrogen and oxygen atoms in total. The Morgan fingerprint density at radius 2 is 2.00 bits per heavy atom. The fourth-order valence-electron chi connectivity index (χ4n) is 1.81. The van der Waals surface area contributed by atoms with Crippen LogP contribution in [0.5, 0.6) is 11.5 Å². The fraction of sp³-hybridized carbons (Fsp3) is 0.500. The lowest BCUT2D eigenvalue weighted by molar-refractivity contribution is 0.174. The summed E-state index contributed by atoms with van der Waals surface area (Å²) in [6.45, 7) is 4.92. The van der Waals surface area contributed by atoms with Gasteiger partial charge in [-0.1, -0.05) is 0 Å². The highest BCUT2D eigenvalue weighted by Crippen LogP contribution is 2.34. The molecule has 2 rings (SSSR count). The maximum atomic E-state index is 5.41. The van der Waals surface area contributed by atoms with E-state index in [1.165, 1.54) is 11.1 Å². The molecule has 1 aromatic rings. The van der Waals surface area contributed by atoms with Gasteiger partial charge in [0.2, 0.25) is 6.79 Å². The number of rotatable bonds is 5. The highest BCUT2D eigenvalue weighted by atomic mass is 16.7. The molecule has 88 valence electrons. The lowest BCUT2D eigenvalue weighted by Gasteiger charge is -2.08. The molecule has 1 aliphatic heterocycles. The smallest absolute Gasteiger partial charge is 0.231 e.